The predicted molar refractivity (Wildman–Crippen MR) is 124 cm³/mol. The quantitative estimate of drug-likeness (QED) is 0.235. The SMILES string of the molecule is CCCCC(=O)c1cc(C(=O)CCC)c2c(c1)[N+](CCCCCC(=O)O)=C(C)C2(C)C. The van der Waals surface area contributed by atoms with Crippen LogP contribution in [0.2, 0.25) is 0 Å². The van der Waals surface area contributed by atoms with Gasteiger partial charge in [0, 0.05) is 49.8 Å². The number of hydrogen-bond acceptors (Lipinski definition) is 3. The molecule has 0 aromatic heterocycles. The molecular weight excluding hydrogens is 390 g/mol. The molecule has 170 valence electrons. The van der Waals surface area contributed by atoms with Gasteiger partial charge in [-0.3, -0.25) is 14.4 Å². The van der Waals surface area contributed by atoms with Crippen molar-refractivity contribution in [2.75, 3.05) is 6.54 Å². The van der Waals surface area contributed by atoms with Crippen molar-refractivity contribution in [2.24, 2.45) is 0 Å². The van der Waals surface area contributed by atoms with Crippen LogP contribution < -0.4 is 0 Å². The first-order chi connectivity index (χ1) is 14.6. The number of carboxylic acid groups (broad SMARTS) is 1. The summed E-state index contributed by atoms with van der Waals surface area (Å²) >= 11 is 0. The molecule has 1 N–H and O–H groups in total. The van der Waals surface area contributed by atoms with Crippen LogP contribution >= 0.6 is 0 Å². The lowest BCUT2D eigenvalue weighted by Gasteiger charge is -2.19. The molecular formula is C26H38NO4+. The number of unbranched alkanes of at least 4 members (excludes halogenated alkanes) is 3. The summed E-state index contributed by atoms with van der Waals surface area (Å²) < 4.78 is 2.25. The first-order valence-corrected chi connectivity index (χ1v) is 11.7. The van der Waals surface area contributed by atoms with E-state index >= 15 is 0 Å². The number of rotatable bonds is 13. The van der Waals surface area contributed by atoms with Gasteiger partial charge in [-0.15, -0.1) is 0 Å². The molecule has 5 nitrogen and oxygen atoms in total. The summed E-state index contributed by atoms with van der Waals surface area (Å²) in [7, 11) is 0. The Balaban J connectivity index is 2.46. The molecule has 0 atom stereocenters. The number of aliphatic carboxylic acids is 1. The smallest absolute Gasteiger partial charge is 0.303 e. The molecule has 2 rings (SSSR count). The van der Waals surface area contributed by atoms with Gasteiger partial charge in [0.2, 0.25) is 5.69 Å². The summed E-state index contributed by atoms with van der Waals surface area (Å²) in [5.41, 5.74) is 4.21. The molecule has 5 heteroatoms. The summed E-state index contributed by atoms with van der Waals surface area (Å²) in [4.78, 5) is 36.7. The first kappa shape index (κ1) is 25.0. The van der Waals surface area contributed by atoms with Gasteiger partial charge in [-0.05, 0) is 45.6 Å². The van der Waals surface area contributed by atoms with E-state index in [0.29, 0.717) is 30.4 Å². The Morgan fingerprint density at radius 3 is 2.23 bits per heavy atom. The van der Waals surface area contributed by atoms with E-state index in [0.717, 1.165) is 49.9 Å². The zero-order valence-corrected chi connectivity index (χ0v) is 19.8. The summed E-state index contributed by atoms with van der Waals surface area (Å²) in [6.07, 6.45) is 6.11. The van der Waals surface area contributed by atoms with Crippen LogP contribution in [0.1, 0.15) is 119 Å². The minimum atomic E-state index is -0.760. The van der Waals surface area contributed by atoms with Crippen molar-refractivity contribution in [1.82, 2.24) is 0 Å². The van der Waals surface area contributed by atoms with Gasteiger partial charge in [0.25, 0.3) is 0 Å². The molecule has 0 radical (unpaired) electrons. The highest BCUT2D eigenvalue weighted by Gasteiger charge is 2.46. The standard InChI is InChI=1S/C26H37NO4/c1-6-8-13-22(28)19-16-20(23(29)12-7-2)25-21(17-19)27(18(3)26(25,4)5)15-11-9-10-14-24(30)31/h16-17H,6-15H2,1-5H3/p+1. The second kappa shape index (κ2) is 10.8. The molecule has 31 heavy (non-hydrogen) atoms. The van der Waals surface area contributed by atoms with Crippen LogP contribution in [0, 0.1) is 0 Å². The molecule has 1 heterocycles. The number of Topliss-reactive ketones (excluding diaryl/α,β-unsaturated/α-hetero) is 2. The van der Waals surface area contributed by atoms with Crippen LogP contribution in [0.15, 0.2) is 12.1 Å². The van der Waals surface area contributed by atoms with Gasteiger partial charge in [-0.25, -0.2) is 0 Å². The lowest BCUT2D eigenvalue weighted by atomic mass is 9.77. The third-order valence-corrected chi connectivity index (χ3v) is 6.47. The molecule has 0 fully saturated rings. The van der Waals surface area contributed by atoms with Gasteiger partial charge in [-0.2, -0.15) is 4.58 Å². The van der Waals surface area contributed by atoms with E-state index in [1.54, 1.807) is 0 Å². The molecule has 0 bridgehead atoms. The normalized spacial score (nSPS) is 14.6. The Labute approximate surface area is 186 Å². The number of ketones is 2. The van der Waals surface area contributed by atoms with E-state index in [1.165, 1.54) is 5.71 Å². The Morgan fingerprint density at radius 1 is 0.903 bits per heavy atom. The Kier molecular flexibility index (Phi) is 8.72. The molecule has 1 aromatic carbocycles. The number of carbonyl (C=O) groups is 3. The van der Waals surface area contributed by atoms with Crippen LogP contribution in [-0.2, 0) is 10.2 Å². The largest absolute Gasteiger partial charge is 0.481 e. The van der Waals surface area contributed by atoms with E-state index in [1.807, 2.05) is 19.1 Å². The number of carboxylic acids is 1. The molecule has 0 unspecified atom stereocenters. The first-order valence-electron chi connectivity index (χ1n) is 11.7. The van der Waals surface area contributed by atoms with Crippen LogP contribution in [0.5, 0.6) is 0 Å². The molecule has 0 spiro atoms. The topological polar surface area (TPSA) is 74.5 Å². The lowest BCUT2D eigenvalue weighted by Crippen LogP contribution is -2.28. The Bertz CT molecular complexity index is 880. The average molecular weight is 429 g/mol. The van der Waals surface area contributed by atoms with E-state index < -0.39 is 5.97 Å². The number of benzene rings is 1. The van der Waals surface area contributed by atoms with E-state index in [2.05, 4.69) is 32.3 Å². The lowest BCUT2D eigenvalue weighted by molar-refractivity contribution is -0.439. The van der Waals surface area contributed by atoms with Crippen molar-refractivity contribution >= 4 is 28.9 Å². The van der Waals surface area contributed by atoms with Crippen LogP contribution in [0.4, 0.5) is 5.69 Å². The minimum absolute atomic E-state index is 0.0963. The fourth-order valence-electron chi connectivity index (χ4n) is 4.43. The van der Waals surface area contributed by atoms with Gasteiger partial charge >= 0.3 is 5.97 Å². The van der Waals surface area contributed by atoms with Gasteiger partial charge in [0.1, 0.15) is 6.54 Å². The zero-order chi connectivity index (χ0) is 23.2. The number of nitrogens with zero attached hydrogens (tertiary/aromatic N) is 1. The molecule has 1 aliphatic heterocycles. The number of carbonyl (C=O) groups excluding carboxylic acids is 2. The molecule has 0 saturated carbocycles. The summed E-state index contributed by atoms with van der Waals surface area (Å²) in [6, 6.07) is 3.81. The highest BCUT2D eigenvalue weighted by molar-refractivity contribution is 6.07. The average Bonchev–Trinajstić information content (AvgIpc) is 2.91. The number of hydrogen-bond donors (Lipinski definition) is 1. The van der Waals surface area contributed by atoms with E-state index in [-0.39, 0.29) is 23.4 Å². The highest BCUT2D eigenvalue weighted by Crippen LogP contribution is 2.43. The minimum Gasteiger partial charge on any atom is -0.481 e. The van der Waals surface area contributed by atoms with Crippen molar-refractivity contribution in [2.45, 2.75) is 97.8 Å². The van der Waals surface area contributed by atoms with Crippen LogP contribution in [0.3, 0.4) is 0 Å². The maximum absolute atomic E-state index is 13.1. The van der Waals surface area contributed by atoms with Crippen LogP contribution in [-0.4, -0.2) is 39.5 Å². The summed E-state index contributed by atoms with van der Waals surface area (Å²) in [5, 5.41) is 8.86. The van der Waals surface area contributed by atoms with Crippen LogP contribution in [0.25, 0.3) is 0 Å². The van der Waals surface area contributed by atoms with Gasteiger partial charge in [0.05, 0.1) is 11.0 Å². The fraction of sp³-hybridized carbons (Fsp3) is 0.615. The van der Waals surface area contributed by atoms with Crippen molar-refractivity contribution in [3.05, 3.63) is 28.8 Å². The Hall–Kier alpha value is -2.30. The van der Waals surface area contributed by atoms with Crippen molar-refractivity contribution in [3.8, 4) is 0 Å². The van der Waals surface area contributed by atoms with Gasteiger partial charge < -0.3 is 5.11 Å². The Morgan fingerprint density at radius 2 is 1.61 bits per heavy atom. The van der Waals surface area contributed by atoms with Gasteiger partial charge in [0.15, 0.2) is 17.3 Å². The number of fused-ring (bicyclic) bond motifs is 1. The van der Waals surface area contributed by atoms with Crippen molar-refractivity contribution in [3.63, 3.8) is 0 Å². The van der Waals surface area contributed by atoms with Gasteiger partial charge in [-0.1, -0.05) is 20.3 Å². The molecule has 1 aliphatic rings. The second-order valence-corrected chi connectivity index (χ2v) is 9.18. The van der Waals surface area contributed by atoms with E-state index in [9.17, 15) is 14.4 Å². The zero-order valence-electron chi connectivity index (χ0n) is 19.8. The van der Waals surface area contributed by atoms with Crippen molar-refractivity contribution in [1.29, 1.82) is 0 Å². The molecule has 0 saturated heterocycles. The maximum Gasteiger partial charge on any atom is 0.303 e. The van der Waals surface area contributed by atoms with E-state index in [4.69, 9.17) is 5.11 Å². The maximum atomic E-state index is 13.1. The third-order valence-electron chi connectivity index (χ3n) is 6.47. The highest BCUT2D eigenvalue weighted by atomic mass is 16.4. The summed E-state index contributed by atoms with van der Waals surface area (Å²) in [5.74, 6) is -0.559. The molecule has 0 amide bonds. The third kappa shape index (κ3) is 5.69. The second-order valence-electron chi connectivity index (χ2n) is 9.18. The van der Waals surface area contributed by atoms with Crippen molar-refractivity contribution < 1.29 is 24.1 Å². The fourth-order valence-corrected chi connectivity index (χ4v) is 4.43. The predicted octanol–water partition coefficient (Wildman–Crippen LogP) is 6.08. The molecule has 1 aromatic rings. The molecule has 0 aliphatic carbocycles. The monoisotopic (exact) mass is 428 g/mol. The summed E-state index contributed by atoms with van der Waals surface area (Å²) in [6.45, 7) is 11.2.